The molecule has 104 valence electrons. The highest BCUT2D eigenvalue weighted by atomic mass is 16.7. The Morgan fingerprint density at radius 2 is 2.10 bits per heavy atom. The minimum Gasteiger partial charge on any atom is -0.486 e. The molecule has 3 rings (SSSR count). The van der Waals surface area contributed by atoms with Crippen LogP contribution in [0, 0.1) is 0 Å². The van der Waals surface area contributed by atoms with Gasteiger partial charge < -0.3 is 23.9 Å². The highest BCUT2D eigenvalue weighted by Crippen LogP contribution is 2.35. The number of amides is 1. The van der Waals surface area contributed by atoms with Crippen molar-refractivity contribution in [1.29, 1.82) is 0 Å². The average molecular weight is 275 g/mol. The van der Waals surface area contributed by atoms with E-state index in [1.54, 1.807) is 37.4 Å². The Kier molecular flexibility index (Phi) is 3.20. The highest BCUT2D eigenvalue weighted by Gasteiger charge is 2.14. The van der Waals surface area contributed by atoms with Crippen LogP contribution < -0.4 is 19.5 Å². The number of fused-ring (bicyclic) bond motifs is 1. The van der Waals surface area contributed by atoms with E-state index in [2.05, 4.69) is 5.32 Å². The molecule has 20 heavy (non-hydrogen) atoms. The van der Waals surface area contributed by atoms with E-state index in [1.807, 2.05) is 0 Å². The quantitative estimate of drug-likeness (QED) is 0.923. The van der Waals surface area contributed by atoms with E-state index in [4.69, 9.17) is 18.6 Å². The molecule has 0 fully saturated rings. The van der Waals surface area contributed by atoms with Crippen LogP contribution in [0.1, 0.15) is 16.3 Å². The molecule has 0 saturated heterocycles. The van der Waals surface area contributed by atoms with Crippen LogP contribution in [0.25, 0.3) is 0 Å². The third-order valence-electron chi connectivity index (χ3n) is 2.84. The summed E-state index contributed by atoms with van der Waals surface area (Å²) < 4.78 is 21.4. The first kappa shape index (κ1) is 12.4. The number of hydrogen-bond donors (Lipinski definition) is 1. The van der Waals surface area contributed by atoms with Gasteiger partial charge in [0.2, 0.25) is 6.79 Å². The zero-order valence-electron chi connectivity index (χ0n) is 10.8. The molecular formula is C14H13NO5. The minimum atomic E-state index is -0.265. The number of carbonyl (C=O) groups is 1. The van der Waals surface area contributed by atoms with Crippen molar-refractivity contribution < 1.29 is 23.4 Å². The summed E-state index contributed by atoms with van der Waals surface area (Å²) in [6.07, 6.45) is 0. The number of hydrogen-bond acceptors (Lipinski definition) is 5. The van der Waals surface area contributed by atoms with Gasteiger partial charge >= 0.3 is 0 Å². The van der Waals surface area contributed by atoms with Crippen LogP contribution in [0.2, 0.25) is 0 Å². The van der Waals surface area contributed by atoms with Crippen molar-refractivity contribution in [3.05, 3.63) is 41.9 Å². The third-order valence-corrected chi connectivity index (χ3v) is 2.84. The topological polar surface area (TPSA) is 69.9 Å². The largest absolute Gasteiger partial charge is 0.486 e. The number of carbonyl (C=O) groups excluding carboxylic acids is 1. The first-order chi connectivity index (χ1) is 9.76. The Labute approximate surface area is 115 Å². The summed E-state index contributed by atoms with van der Waals surface area (Å²) >= 11 is 0. The van der Waals surface area contributed by atoms with Gasteiger partial charge in [-0.05, 0) is 24.3 Å². The van der Waals surface area contributed by atoms with Gasteiger partial charge in [-0.15, -0.1) is 0 Å². The van der Waals surface area contributed by atoms with Gasteiger partial charge in [-0.2, -0.15) is 0 Å². The molecular weight excluding hydrogens is 262 g/mol. The lowest BCUT2D eigenvalue weighted by atomic mass is 10.3. The standard InChI is InChI=1S/C14H13NO5/c1-15-14(16)12-5-3-10(20-12)7-17-9-2-4-11-13(6-9)19-8-18-11/h2-6H,7-8H2,1H3,(H,15,16). The van der Waals surface area contributed by atoms with Gasteiger partial charge in [-0.25, -0.2) is 0 Å². The first-order valence-corrected chi connectivity index (χ1v) is 6.09. The second-order valence-corrected chi connectivity index (χ2v) is 4.15. The Morgan fingerprint density at radius 3 is 2.95 bits per heavy atom. The monoisotopic (exact) mass is 275 g/mol. The van der Waals surface area contributed by atoms with Crippen molar-refractivity contribution >= 4 is 5.91 Å². The van der Waals surface area contributed by atoms with Crippen LogP contribution >= 0.6 is 0 Å². The maximum absolute atomic E-state index is 11.4. The lowest BCUT2D eigenvalue weighted by molar-refractivity contribution is 0.0931. The van der Waals surface area contributed by atoms with Crippen LogP contribution in [0.4, 0.5) is 0 Å². The molecule has 1 aliphatic rings. The third kappa shape index (κ3) is 2.40. The summed E-state index contributed by atoms with van der Waals surface area (Å²) in [6, 6.07) is 8.64. The maximum atomic E-state index is 11.4. The molecule has 1 N–H and O–H groups in total. The SMILES string of the molecule is CNC(=O)c1ccc(COc2ccc3c(c2)OCO3)o1. The molecule has 1 aromatic carbocycles. The lowest BCUT2D eigenvalue weighted by Crippen LogP contribution is -2.16. The molecule has 1 aliphatic heterocycles. The van der Waals surface area contributed by atoms with Gasteiger partial charge in [0.15, 0.2) is 17.3 Å². The maximum Gasteiger partial charge on any atom is 0.286 e. The Bertz CT molecular complexity index is 634. The van der Waals surface area contributed by atoms with Crippen LogP contribution in [-0.4, -0.2) is 19.7 Å². The predicted octanol–water partition coefficient (Wildman–Crippen LogP) is 1.95. The fourth-order valence-corrected chi connectivity index (χ4v) is 1.82. The lowest BCUT2D eigenvalue weighted by Gasteiger charge is -2.05. The predicted molar refractivity (Wildman–Crippen MR) is 69.0 cm³/mol. The number of ether oxygens (including phenoxy) is 3. The number of nitrogens with one attached hydrogen (secondary N) is 1. The zero-order valence-corrected chi connectivity index (χ0v) is 10.8. The van der Waals surface area contributed by atoms with Crippen molar-refractivity contribution in [2.75, 3.05) is 13.8 Å². The fourth-order valence-electron chi connectivity index (χ4n) is 1.82. The van der Waals surface area contributed by atoms with Gasteiger partial charge in [0.1, 0.15) is 18.1 Å². The van der Waals surface area contributed by atoms with Crippen molar-refractivity contribution in [2.45, 2.75) is 6.61 Å². The van der Waals surface area contributed by atoms with Crippen molar-refractivity contribution in [2.24, 2.45) is 0 Å². The second kappa shape index (κ2) is 5.16. The smallest absolute Gasteiger partial charge is 0.286 e. The summed E-state index contributed by atoms with van der Waals surface area (Å²) in [7, 11) is 1.55. The van der Waals surface area contributed by atoms with E-state index in [9.17, 15) is 4.79 Å². The van der Waals surface area contributed by atoms with Gasteiger partial charge in [0.25, 0.3) is 5.91 Å². The van der Waals surface area contributed by atoms with Crippen LogP contribution in [-0.2, 0) is 6.61 Å². The summed E-state index contributed by atoms with van der Waals surface area (Å²) in [6.45, 7) is 0.461. The number of benzene rings is 1. The molecule has 0 unspecified atom stereocenters. The molecule has 0 aliphatic carbocycles. The van der Waals surface area contributed by atoms with E-state index < -0.39 is 0 Å². The fraction of sp³-hybridized carbons (Fsp3) is 0.214. The molecule has 2 heterocycles. The molecule has 0 saturated carbocycles. The zero-order chi connectivity index (χ0) is 13.9. The van der Waals surface area contributed by atoms with E-state index in [1.165, 1.54) is 0 Å². The molecule has 6 heteroatoms. The molecule has 2 aromatic rings. The summed E-state index contributed by atoms with van der Waals surface area (Å²) in [5.41, 5.74) is 0. The van der Waals surface area contributed by atoms with E-state index in [-0.39, 0.29) is 25.1 Å². The Balaban J connectivity index is 1.64. The normalized spacial score (nSPS) is 12.2. The van der Waals surface area contributed by atoms with Gasteiger partial charge in [-0.3, -0.25) is 4.79 Å². The number of furan rings is 1. The van der Waals surface area contributed by atoms with Crippen LogP contribution in [0.5, 0.6) is 17.2 Å². The Morgan fingerprint density at radius 1 is 1.25 bits per heavy atom. The number of rotatable bonds is 4. The van der Waals surface area contributed by atoms with E-state index >= 15 is 0 Å². The van der Waals surface area contributed by atoms with Crippen LogP contribution in [0.15, 0.2) is 34.7 Å². The molecule has 1 aromatic heterocycles. The molecule has 0 atom stereocenters. The molecule has 6 nitrogen and oxygen atoms in total. The average Bonchev–Trinajstić information content (AvgIpc) is 3.12. The van der Waals surface area contributed by atoms with E-state index in [0.717, 1.165) is 0 Å². The molecule has 0 spiro atoms. The highest BCUT2D eigenvalue weighted by molar-refractivity contribution is 5.91. The summed E-state index contributed by atoms with van der Waals surface area (Å²) in [4.78, 5) is 11.4. The van der Waals surface area contributed by atoms with Crippen LogP contribution in [0.3, 0.4) is 0 Å². The first-order valence-electron chi connectivity index (χ1n) is 6.09. The molecule has 0 bridgehead atoms. The van der Waals surface area contributed by atoms with Gasteiger partial charge in [0, 0.05) is 13.1 Å². The van der Waals surface area contributed by atoms with Gasteiger partial charge in [0.05, 0.1) is 0 Å². The van der Waals surface area contributed by atoms with E-state index in [0.29, 0.717) is 23.0 Å². The molecule has 0 radical (unpaired) electrons. The van der Waals surface area contributed by atoms with Crippen molar-refractivity contribution in [1.82, 2.24) is 5.32 Å². The van der Waals surface area contributed by atoms with Crippen molar-refractivity contribution in [3.63, 3.8) is 0 Å². The minimum absolute atomic E-state index is 0.229. The summed E-state index contributed by atoms with van der Waals surface area (Å²) in [5, 5.41) is 2.49. The van der Waals surface area contributed by atoms with Gasteiger partial charge in [-0.1, -0.05) is 0 Å². The second-order valence-electron chi connectivity index (χ2n) is 4.15. The van der Waals surface area contributed by atoms with Crippen molar-refractivity contribution in [3.8, 4) is 17.2 Å². The summed E-state index contributed by atoms with van der Waals surface area (Å²) in [5.74, 6) is 2.58. The Hall–Kier alpha value is -2.63. The molecule has 1 amide bonds.